The van der Waals surface area contributed by atoms with Gasteiger partial charge >= 0.3 is 0 Å². The molecule has 2 aromatic rings. The Kier molecular flexibility index (Phi) is 16.1. The Morgan fingerprint density at radius 3 is 1.98 bits per heavy atom. The Balaban J connectivity index is 0.000000362. The van der Waals surface area contributed by atoms with Gasteiger partial charge in [0.1, 0.15) is 23.1 Å². The third kappa shape index (κ3) is 14.5. The van der Waals surface area contributed by atoms with E-state index >= 15 is 0 Å². The highest BCUT2D eigenvalue weighted by atomic mass is 16.6. The van der Waals surface area contributed by atoms with Crippen LogP contribution in [0.2, 0.25) is 0 Å². The number of aliphatic hydroxyl groups excluding tert-OH is 1. The molecule has 6 heteroatoms. The fourth-order valence-electron chi connectivity index (χ4n) is 4.10. The van der Waals surface area contributed by atoms with Gasteiger partial charge in [0.05, 0.1) is 33.0 Å². The summed E-state index contributed by atoms with van der Waals surface area (Å²) in [6, 6.07) is 13.4. The fourth-order valence-corrected chi connectivity index (χ4v) is 4.10. The van der Waals surface area contributed by atoms with Crippen LogP contribution in [0.3, 0.4) is 0 Å². The summed E-state index contributed by atoms with van der Waals surface area (Å²) < 4.78 is 15.5. The topological polar surface area (TPSA) is 85.4 Å². The molecule has 42 heavy (non-hydrogen) atoms. The minimum Gasteiger partial charge on any atom is -0.497 e. The van der Waals surface area contributed by atoms with E-state index in [0.717, 1.165) is 47.6 Å². The zero-order chi connectivity index (χ0) is 31.9. The second-order valence-corrected chi connectivity index (χ2v) is 13.0. The van der Waals surface area contributed by atoms with Crippen LogP contribution >= 0.6 is 0 Å². The van der Waals surface area contributed by atoms with Gasteiger partial charge in [-0.25, -0.2) is 0 Å². The van der Waals surface area contributed by atoms with Crippen molar-refractivity contribution in [2.45, 2.75) is 113 Å². The minimum absolute atomic E-state index is 0.196. The first-order valence-corrected chi connectivity index (χ1v) is 15.3. The van der Waals surface area contributed by atoms with Gasteiger partial charge in [-0.05, 0) is 42.2 Å². The van der Waals surface area contributed by atoms with Crippen molar-refractivity contribution in [1.82, 2.24) is 0 Å². The predicted molar refractivity (Wildman–Crippen MR) is 172 cm³/mol. The van der Waals surface area contributed by atoms with Crippen molar-refractivity contribution >= 4 is 11.6 Å². The average Bonchev–Trinajstić information content (AvgIpc) is 3.74. The van der Waals surface area contributed by atoms with Crippen LogP contribution in [0.15, 0.2) is 42.5 Å². The molecule has 2 unspecified atom stereocenters. The molecule has 6 nitrogen and oxygen atoms in total. The standard InChI is InChI=1S/C18H28O3.C13H18O2.C5H10O/c1-6-8-14(19)12-15-13(9-7-10-16(15)21-5)11-17(20)18(2,3)4;1-13(2,3)12(14)9-10-6-5-7-11(8-10)15-4;1-2-3-5-4-6-5/h7,9-10,14,19H,6,8,11-12H2,1-5H3;5-8H,9H2,1-4H3;5H,2-4H2,1H3. The number of aliphatic hydroxyl groups is 1. The summed E-state index contributed by atoms with van der Waals surface area (Å²) in [6.07, 6.45) is 5.87. The Morgan fingerprint density at radius 1 is 0.905 bits per heavy atom. The summed E-state index contributed by atoms with van der Waals surface area (Å²) in [5.41, 5.74) is 2.29. The molecule has 1 saturated heterocycles. The molecule has 2 aromatic carbocycles. The molecule has 0 radical (unpaired) electrons. The predicted octanol–water partition coefficient (Wildman–Crippen LogP) is 7.59. The van der Waals surface area contributed by atoms with E-state index in [4.69, 9.17) is 14.2 Å². The number of carbonyl (C=O) groups excluding carboxylic acids is 2. The van der Waals surface area contributed by atoms with E-state index in [1.54, 1.807) is 14.2 Å². The molecule has 0 spiro atoms. The van der Waals surface area contributed by atoms with Gasteiger partial charge < -0.3 is 19.3 Å². The van der Waals surface area contributed by atoms with Gasteiger partial charge in [-0.2, -0.15) is 0 Å². The van der Waals surface area contributed by atoms with E-state index in [1.807, 2.05) is 84.0 Å². The van der Waals surface area contributed by atoms with Crippen molar-refractivity contribution in [3.63, 3.8) is 0 Å². The van der Waals surface area contributed by atoms with Crippen LogP contribution in [0.25, 0.3) is 0 Å². The molecule has 0 aromatic heterocycles. The lowest BCUT2D eigenvalue weighted by molar-refractivity contribution is -0.126. The third-order valence-corrected chi connectivity index (χ3v) is 7.05. The Morgan fingerprint density at radius 2 is 1.50 bits per heavy atom. The summed E-state index contributed by atoms with van der Waals surface area (Å²) in [5, 5.41) is 10.1. The van der Waals surface area contributed by atoms with E-state index in [1.165, 1.54) is 12.8 Å². The van der Waals surface area contributed by atoms with Gasteiger partial charge in [0.2, 0.25) is 0 Å². The van der Waals surface area contributed by atoms with Crippen molar-refractivity contribution < 1.29 is 28.9 Å². The summed E-state index contributed by atoms with van der Waals surface area (Å²) in [5.74, 6) is 2.00. The number of ether oxygens (including phenoxy) is 3. The SMILES string of the molecule is CCCC(O)Cc1c(CC(=O)C(C)(C)C)cccc1OC.CCCC1CO1.COc1cccc(CC(=O)C(C)(C)C)c1. The highest BCUT2D eigenvalue weighted by Gasteiger charge is 2.24. The number of benzene rings is 2. The van der Waals surface area contributed by atoms with Gasteiger partial charge in [-0.1, -0.05) is 92.5 Å². The van der Waals surface area contributed by atoms with Crippen LogP contribution in [-0.2, 0) is 33.6 Å². The average molecular weight is 585 g/mol. The monoisotopic (exact) mass is 584 g/mol. The first kappa shape index (κ1) is 37.3. The van der Waals surface area contributed by atoms with Gasteiger partial charge in [0, 0.05) is 35.7 Å². The maximum absolute atomic E-state index is 12.3. The zero-order valence-corrected chi connectivity index (χ0v) is 27.8. The van der Waals surface area contributed by atoms with Crippen LogP contribution in [0.1, 0.15) is 97.8 Å². The molecular weight excluding hydrogens is 528 g/mol. The number of rotatable bonds is 12. The van der Waals surface area contributed by atoms with Gasteiger partial charge in [0.15, 0.2) is 0 Å². The molecule has 2 atom stereocenters. The molecule has 1 fully saturated rings. The van der Waals surface area contributed by atoms with Crippen LogP contribution in [0.5, 0.6) is 11.5 Å². The first-order valence-electron chi connectivity index (χ1n) is 15.3. The van der Waals surface area contributed by atoms with E-state index in [9.17, 15) is 14.7 Å². The molecule has 1 N–H and O–H groups in total. The van der Waals surface area contributed by atoms with Crippen molar-refractivity contribution in [3.05, 3.63) is 59.2 Å². The minimum atomic E-state index is -0.394. The smallest absolute Gasteiger partial charge is 0.142 e. The lowest BCUT2D eigenvalue weighted by Crippen LogP contribution is -2.23. The van der Waals surface area contributed by atoms with Gasteiger partial charge in [0.25, 0.3) is 0 Å². The van der Waals surface area contributed by atoms with Gasteiger partial charge in [-0.15, -0.1) is 0 Å². The number of methoxy groups -OCH3 is 2. The Bertz CT molecular complexity index is 1090. The number of epoxide rings is 1. The summed E-state index contributed by atoms with van der Waals surface area (Å²) in [4.78, 5) is 24.1. The molecule has 1 aliphatic heterocycles. The number of hydrogen-bond donors (Lipinski definition) is 1. The number of ketones is 2. The Labute approximate surface area is 255 Å². The van der Waals surface area contributed by atoms with E-state index in [-0.39, 0.29) is 22.4 Å². The molecule has 1 aliphatic rings. The normalized spacial score (nSPS) is 14.9. The van der Waals surface area contributed by atoms with E-state index < -0.39 is 6.10 Å². The lowest BCUT2D eigenvalue weighted by Gasteiger charge is -2.20. The maximum Gasteiger partial charge on any atom is 0.142 e. The molecule has 0 amide bonds. The van der Waals surface area contributed by atoms with Crippen LogP contribution in [0, 0.1) is 10.8 Å². The molecule has 0 bridgehead atoms. The Hall–Kier alpha value is -2.70. The number of Topliss-reactive ketones (excluding diaryl/α,β-unsaturated/α-hetero) is 2. The molecular formula is C36H56O6. The van der Waals surface area contributed by atoms with Crippen molar-refractivity contribution in [1.29, 1.82) is 0 Å². The second-order valence-electron chi connectivity index (χ2n) is 13.0. The van der Waals surface area contributed by atoms with Crippen LogP contribution in [-0.4, -0.2) is 49.7 Å². The van der Waals surface area contributed by atoms with Gasteiger partial charge in [-0.3, -0.25) is 9.59 Å². The molecule has 3 rings (SSSR count). The summed E-state index contributed by atoms with van der Waals surface area (Å²) in [6.45, 7) is 16.9. The molecule has 0 aliphatic carbocycles. The number of carbonyl (C=O) groups is 2. The highest BCUT2D eigenvalue weighted by Crippen LogP contribution is 2.27. The molecule has 1 heterocycles. The van der Waals surface area contributed by atoms with Crippen LogP contribution in [0.4, 0.5) is 0 Å². The first-order chi connectivity index (χ1) is 19.7. The fraction of sp³-hybridized carbons (Fsp3) is 0.611. The third-order valence-electron chi connectivity index (χ3n) is 7.05. The largest absolute Gasteiger partial charge is 0.497 e. The van der Waals surface area contributed by atoms with Crippen molar-refractivity contribution in [2.24, 2.45) is 10.8 Å². The van der Waals surface area contributed by atoms with E-state index in [2.05, 4.69) is 13.8 Å². The van der Waals surface area contributed by atoms with Crippen molar-refractivity contribution in [3.8, 4) is 11.5 Å². The zero-order valence-electron chi connectivity index (χ0n) is 27.8. The second kappa shape index (κ2) is 18.1. The number of hydrogen-bond acceptors (Lipinski definition) is 6. The summed E-state index contributed by atoms with van der Waals surface area (Å²) in [7, 11) is 3.26. The summed E-state index contributed by atoms with van der Waals surface area (Å²) >= 11 is 0. The quantitative estimate of drug-likeness (QED) is 0.259. The van der Waals surface area contributed by atoms with Crippen molar-refractivity contribution in [2.75, 3.05) is 20.8 Å². The molecule has 0 saturated carbocycles. The van der Waals surface area contributed by atoms with Crippen LogP contribution < -0.4 is 9.47 Å². The lowest BCUT2D eigenvalue weighted by atomic mass is 9.85. The van der Waals surface area contributed by atoms with E-state index in [0.29, 0.717) is 25.4 Å². The molecule has 236 valence electrons. The maximum atomic E-state index is 12.3. The highest BCUT2D eigenvalue weighted by molar-refractivity contribution is 5.86.